The summed E-state index contributed by atoms with van der Waals surface area (Å²) in [6.07, 6.45) is -1.38. The summed E-state index contributed by atoms with van der Waals surface area (Å²) in [7, 11) is 1.48. The summed E-state index contributed by atoms with van der Waals surface area (Å²) in [5.74, 6) is -0.441. The molecule has 0 fully saturated rings. The molecule has 1 aromatic rings. The summed E-state index contributed by atoms with van der Waals surface area (Å²) in [5, 5.41) is 9.71. The van der Waals surface area contributed by atoms with Crippen LogP contribution in [0.3, 0.4) is 0 Å². The third-order valence-corrected chi connectivity index (χ3v) is 2.73. The highest BCUT2D eigenvalue weighted by Crippen LogP contribution is 2.26. The van der Waals surface area contributed by atoms with Gasteiger partial charge in [0.2, 0.25) is 0 Å². The van der Waals surface area contributed by atoms with Crippen LogP contribution in [0.2, 0.25) is 0 Å². The van der Waals surface area contributed by atoms with Gasteiger partial charge in [-0.15, -0.1) is 0 Å². The van der Waals surface area contributed by atoms with Crippen molar-refractivity contribution in [3.63, 3.8) is 0 Å². The van der Waals surface area contributed by atoms with Crippen molar-refractivity contribution >= 4 is 15.9 Å². The van der Waals surface area contributed by atoms with Crippen molar-refractivity contribution in [2.75, 3.05) is 7.11 Å². The van der Waals surface area contributed by atoms with E-state index in [0.29, 0.717) is 4.47 Å². The topological polar surface area (TPSA) is 29.5 Å². The summed E-state index contributed by atoms with van der Waals surface area (Å²) in [6.45, 7) is 1.69. The monoisotopic (exact) mass is 262 g/mol. The molecule has 14 heavy (non-hydrogen) atoms. The van der Waals surface area contributed by atoms with Gasteiger partial charge in [-0.3, -0.25) is 0 Å². The third-order valence-electron chi connectivity index (χ3n) is 2.12. The van der Waals surface area contributed by atoms with Gasteiger partial charge in [-0.25, -0.2) is 4.39 Å². The molecule has 2 nitrogen and oxygen atoms in total. The lowest BCUT2D eigenvalue weighted by Crippen LogP contribution is -2.18. The first-order valence-electron chi connectivity index (χ1n) is 4.22. The van der Waals surface area contributed by atoms with Gasteiger partial charge in [0.05, 0.1) is 10.6 Å². The first kappa shape index (κ1) is 11.6. The smallest absolute Gasteiger partial charge is 0.143 e. The molecule has 4 heteroatoms. The van der Waals surface area contributed by atoms with Crippen molar-refractivity contribution in [1.82, 2.24) is 0 Å². The highest BCUT2D eigenvalue weighted by molar-refractivity contribution is 9.10. The molecule has 0 aromatic heterocycles. The van der Waals surface area contributed by atoms with Gasteiger partial charge in [-0.2, -0.15) is 0 Å². The SMILES string of the molecule is COC(C)C(O)c1cccc(Br)c1F. The van der Waals surface area contributed by atoms with Gasteiger partial charge in [0.1, 0.15) is 11.9 Å². The molecule has 2 unspecified atom stereocenters. The van der Waals surface area contributed by atoms with Gasteiger partial charge in [-0.1, -0.05) is 12.1 Å². The number of benzene rings is 1. The van der Waals surface area contributed by atoms with Crippen LogP contribution in [0.4, 0.5) is 4.39 Å². The molecule has 0 heterocycles. The minimum atomic E-state index is -0.947. The van der Waals surface area contributed by atoms with Gasteiger partial charge in [0.15, 0.2) is 0 Å². The Bertz CT molecular complexity index is 317. The van der Waals surface area contributed by atoms with Crippen molar-refractivity contribution in [3.8, 4) is 0 Å². The largest absolute Gasteiger partial charge is 0.386 e. The maximum absolute atomic E-state index is 13.5. The Hall–Kier alpha value is -0.450. The van der Waals surface area contributed by atoms with Crippen LogP contribution in [-0.2, 0) is 4.74 Å². The molecule has 0 spiro atoms. The van der Waals surface area contributed by atoms with Gasteiger partial charge in [0.25, 0.3) is 0 Å². The number of ether oxygens (including phenoxy) is 1. The molecule has 1 N–H and O–H groups in total. The Morgan fingerprint density at radius 2 is 2.14 bits per heavy atom. The summed E-state index contributed by atoms with van der Waals surface area (Å²) < 4.78 is 18.8. The van der Waals surface area contributed by atoms with Crippen molar-refractivity contribution < 1.29 is 14.2 Å². The molecule has 78 valence electrons. The standard InChI is InChI=1S/C10H12BrFO2/c1-6(14-2)10(13)7-4-3-5-8(11)9(7)12/h3-6,10,13H,1-2H3. The molecule has 1 rings (SSSR count). The van der Waals surface area contributed by atoms with Crippen LogP contribution in [0.15, 0.2) is 22.7 Å². The molecule has 0 aliphatic carbocycles. The van der Waals surface area contributed by atoms with Crippen LogP contribution < -0.4 is 0 Å². The van der Waals surface area contributed by atoms with E-state index in [1.54, 1.807) is 25.1 Å². The van der Waals surface area contributed by atoms with Crippen molar-refractivity contribution in [2.45, 2.75) is 19.1 Å². The minimum absolute atomic E-state index is 0.244. The number of aliphatic hydroxyl groups is 1. The van der Waals surface area contributed by atoms with Crippen LogP contribution in [-0.4, -0.2) is 18.3 Å². The van der Waals surface area contributed by atoms with E-state index in [4.69, 9.17) is 4.74 Å². The number of methoxy groups -OCH3 is 1. The Balaban J connectivity index is 3.01. The fraction of sp³-hybridized carbons (Fsp3) is 0.400. The molecular formula is C10H12BrFO2. The van der Waals surface area contributed by atoms with Crippen molar-refractivity contribution in [3.05, 3.63) is 34.1 Å². The highest BCUT2D eigenvalue weighted by Gasteiger charge is 2.20. The first-order chi connectivity index (χ1) is 6.57. The lowest BCUT2D eigenvalue weighted by atomic mass is 10.1. The van der Waals surface area contributed by atoms with Gasteiger partial charge >= 0.3 is 0 Å². The minimum Gasteiger partial charge on any atom is -0.386 e. The molecule has 0 radical (unpaired) electrons. The molecule has 0 aliphatic rings. The highest BCUT2D eigenvalue weighted by atomic mass is 79.9. The molecule has 2 atom stereocenters. The maximum atomic E-state index is 13.5. The third kappa shape index (κ3) is 2.32. The van der Waals surface area contributed by atoms with E-state index in [1.807, 2.05) is 0 Å². The average Bonchev–Trinajstić information content (AvgIpc) is 2.20. The number of hydrogen-bond acceptors (Lipinski definition) is 2. The zero-order valence-electron chi connectivity index (χ0n) is 8.00. The fourth-order valence-corrected chi connectivity index (χ4v) is 1.51. The summed E-state index contributed by atoms with van der Waals surface area (Å²) in [5.41, 5.74) is 0.244. The molecule has 1 aromatic carbocycles. The quantitative estimate of drug-likeness (QED) is 0.908. The van der Waals surface area contributed by atoms with E-state index >= 15 is 0 Å². The second kappa shape index (κ2) is 4.87. The molecule has 0 bridgehead atoms. The van der Waals surface area contributed by atoms with E-state index in [9.17, 15) is 9.50 Å². The maximum Gasteiger partial charge on any atom is 0.143 e. The first-order valence-corrected chi connectivity index (χ1v) is 5.02. The van der Waals surface area contributed by atoms with E-state index in [1.165, 1.54) is 7.11 Å². The Kier molecular flexibility index (Phi) is 4.04. The predicted octanol–water partition coefficient (Wildman–Crippen LogP) is 2.66. The molecule has 0 saturated carbocycles. The van der Waals surface area contributed by atoms with Crippen LogP contribution in [0.1, 0.15) is 18.6 Å². The molecule has 0 saturated heterocycles. The summed E-state index contributed by atoms with van der Waals surface area (Å²) in [4.78, 5) is 0. The van der Waals surface area contributed by atoms with Crippen LogP contribution in [0.5, 0.6) is 0 Å². The lowest BCUT2D eigenvalue weighted by Gasteiger charge is -2.18. The van der Waals surface area contributed by atoms with Crippen molar-refractivity contribution in [2.24, 2.45) is 0 Å². The molecular weight excluding hydrogens is 251 g/mol. The van der Waals surface area contributed by atoms with E-state index in [0.717, 1.165) is 0 Å². The van der Waals surface area contributed by atoms with Crippen molar-refractivity contribution in [1.29, 1.82) is 0 Å². The van der Waals surface area contributed by atoms with E-state index < -0.39 is 18.0 Å². The average molecular weight is 263 g/mol. The Morgan fingerprint density at radius 1 is 1.50 bits per heavy atom. The molecule has 0 amide bonds. The van der Waals surface area contributed by atoms with Crippen LogP contribution in [0, 0.1) is 5.82 Å². The summed E-state index contributed by atoms with van der Waals surface area (Å²) >= 11 is 3.06. The van der Waals surface area contributed by atoms with Gasteiger partial charge in [0, 0.05) is 12.7 Å². The zero-order valence-corrected chi connectivity index (χ0v) is 9.58. The van der Waals surface area contributed by atoms with Crippen LogP contribution in [0.25, 0.3) is 0 Å². The normalized spacial score (nSPS) is 15.2. The lowest BCUT2D eigenvalue weighted by molar-refractivity contribution is -0.00319. The Labute approximate surface area is 90.8 Å². The number of halogens is 2. The van der Waals surface area contributed by atoms with Crippen LogP contribution >= 0.6 is 15.9 Å². The number of aliphatic hydroxyl groups excluding tert-OH is 1. The van der Waals surface area contributed by atoms with Gasteiger partial charge in [-0.05, 0) is 28.9 Å². The second-order valence-corrected chi connectivity index (χ2v) is 3.88. The zero-order chi connectivity index (χ0) is 10.7. The summed E-state index contributed by atoms with van der Waals surface area (Å²) in [6, 6.07) is 4.80. The fourth-order valence-electron chi connectivity index (χ4n) is 1.13. The predicted molar refractivity (Wildman–Crippen MR) is 55.5 cm³/mol. The van der Waals surface area contributed by atoms with Gasteiger partial charge < -0.3 is 9.84 Å². The van der Waals surface area contributed by atoms with E-state index in [-0.39, 0.29) is 5.56 Å². The van der Waals surface area contributed by atoms with E-state index in [2.05, 4.69) is 15.9 Å². The molecule has 0 aliphatic heterocycles. The Morgan fingerprint density at radius 3 is 2.71 bits per heavy atom. The number of rotatable bonds is 3. The number of hydrogen-bond donors (Lipinski definition) is 1. The second-order valence-electron chi connectivity index (χ2n) is 3.03.